The molecule has 4 rings (SSSR count). The van der Waals surface area contributed by atoms with Gasteiger partial charge in [0.2, 0.25) is 15.9 Å². The molecule has 0 saturated carbocycles. The number of carbonyl (C=O) groups excluding carboxylic acids is 1. The Morgan fingerprint density at radius 2 is 1.74 bits per heavy atom. The molecule has 1 aliphatic heterocycles. The third kappa shape index (κ3) is 4.30. The highest BCUT2D eigenvalue weighted by Crippen LogP contribution is 2.31. The van der Waals surface area contributed by atoms with E-state index in [9.17, 15) is 18.0 Å². The topological polar surface area (TPSA) is 104 Å². The number of nitrogens with one attached hydrogen (secondary N) is 1. The van der Waals surface area contributed by atoms with Gasteiger partial charge in [-0.25, -0.2) is 13.2 Å². The summed E-state index contributed by atoms with van der Waals surface area (Å²) in [7, 11) is -3.94. The Morgan fingerprint density at radius 1 is 1.00 bits per heavy atom. The van der Waals surface area contributed by atoms with E-state index in [1.165, 1.54) is 28.6 Å². The first-order valence-electron chi connectivity index (χ1n) is 9.58. The lowest BCUT2D eigenvalue weighted by molar-refractivity contribution is -0.119. The minimum Gasteiger partial charge on any atom is -0.478 e. The van der Waals surface area contributed by atoms with Gasteiger partial charge in [-0.1, -0.05) is 36.4 Å². The maximum Gasteiger partial charge on any atom is 0.335 e. The number of anilines is 1. The Morgan fingerprint density at radius 3 is 2.48 bits per heavy atom. The van der Waals surface area contributed by atoms with Crippen LogP contribution in [0.25, 0.3) is 10.8 Å². The largest absolute Gasteiger partial charge is 0.478 e. The second kappa shape index (κ2) is 8.33. The molecular weight excluding hydrogens is 436 g/mol. The second-order valence-electron chi connectivity index (χ2n) is 7.36. The summed E-state index contributed by atoms with van der Waals surface area (Å²) in [5.74, 6) is -1.64. The van der Waals surface area contributed by atoms with Crippen LogP contribution in [-0.4, -0.2) is 47.5 Å². The lowest BCUT2D eigenvalue weighted by atomic mass is 10.1. The summed E-state index contributed by atoms with van der Waals surface area (Å²) in [5.41, 5.74) is 0.313. The molecule has 0 unspecified atom stereocenters. The number of sulfonamides is 1. The fourth-order valence-corrected chi connectivity index (χ4v) is 5.87. The molecule has 3 aromatic rings. The van der Waals surface area contributed by atoms with Crippen molar-refractivity contribution in [2.75, 3.05) is 11.9 Å². The molecule has 3 aromatic carbocycles. The first-order chi connectivity index (χ1) is 14.8. The minimum absolute atomic E-state index is 0.0249. The summed E-state index contributed by atoms with van der Waals surface area (Å²) in [6.07, 6.45) is 0.250. The number of nitrogens with zero attached hydrogens (tertiary/aromatic N) is 1. The second-order valence-corrected chi connectivity index (χ2v) is 9.99. The SMILES string of the molecule is O=C(O)c1cccc(NC(=O)[C@@H]2C[C@H](S)CN2S(=O)(=O)c2ccc3ccccc3c2)c1. The quantitative estimate of drug-likeness (QED) is 0.512. The van der Waals surface area contributed by atoms with E-state index in [2.05, 4.69) is 17.9 Å². The van der Waals surface area contributed by atoms with Gasteiger partial charge in [0.15, 0.2) is 0 Å². The number of thiol groups is 1. The fraction of sp³-hybridized carbons (Fsp3) is 0.182. The highest BCUT2D eigenvalue weighted by molar-refractivity contribution is 7.89. The van der Waals surface area contributed by atoms with Crippen molar-refractivity contribution in [2.45, 2.75) is 22.6 Å². The molecular formula is C22H20N2O5S2. The molecule has 0 radical (unpaired) electrons. The first kappa shape index (κ1) is 21.4. The monoisotopic (exact) mass is 456 g/mol. The zero-order valence-corrected chi connectivity index (χ0v) is 18.0. The molecule has 31 heavy (non-hydrogen) atoms. The first-order valence-corrected chi connectivity index (χ1v) is 11.5. The van der Waals surface area contributed by atoms with Gasteiger partial charge >= 0.3 is 5.97 Å². The summed E-state index contributed by atoms with van der Waals surface area (Å²) < 4.78 is 27.9. The number of hydrogen-bond donors (Lipinski definition) is 3. The maximum absolute atomic E-state index is 13.4. The molecule has 0 aliphatic carbocycles. The summed E-state index contributed by atoms with van der Waals surface area (Å²) in [6.45, 7) is 0.103. The third-order valence-electron chi connectivity index (χ3n) is 5.24. The van der Waals surface area contributed by atoms with Gasteiger partial charge in [0.1, 0.15) is 6.04 Å². The zero-order chi connectivity index (χ0) is 22.2. The molecule has 160 valence electrons. The van der Waals surface area contributed by atoms with Crippen LogP contribution < -0.4 is 5.32 Å². The Balaban J connectivity index is 1.62. The van der Waals surface area contributed by atoms with Crippen LogP contribution in [0.2, 0.25) is 0 Å². The Hall–Kier alpha value is -2.88. The van der Waals surface area contributed by atoms with E-state index >= 15 is 0 Å². The van der Waals surface area contributed by atoms with Crippen molar-refractivity contribution < 1.29 is 23.1 Å². The van der Waals surface area contributed by atoms with Crippen LogP contribution in [0, 0.1) is 0 Å². The lowest BCUT2D eigenvalue weighted by Crippen LogP contribution is -2.43. The lowest BCUT2D eigenvalue weighted by Gasteiger charge is -2.23. The van der Waals surface area contributed by atoms with Crippen molar-refractivity contribution in [3.05, 3.63) is 72.3 Å². The summed E-state index contributed by atoms with van der Waals surface area (Å²) in [5, 5.41) is 13.2. The summed E-state index contributed by atoms with van der Waals surface area (Å²) >= 11 is 4.41. The predicted molar refractivity (Wildman–Crippen MR) is 121 cm³/mol. The van der Waals surface area contributed by atoms with Crippen LogP contribution in [0.4, 0.5) is 5.69 Å². The number of amides is 1. The highest BCUT2D eigenvalue weighted by Gasteiger charge is 2.43. The molecule has 0 spiro atoms. The van der Waals surface area contributed by atoms with Crippen LogP contribution in [0.1, 0.15) is 16.8 Å². The van der Waals surface area contributed by atoms with Gasteiger partial charge in [0.05, 0.1) is 10.5 Å². The smallest absolute Gasteiger partial charge is 0.335 e. The van der Waals surface area contributed by atoms with E-state index < -0.39 is 27.9 Å². The van der Waals surface area contributed by atoms with E-state index in [1.54, 1.807) is 18.2 Å². The van der Waals surface area contributed by atoms with Crippen LogP contribution in [-0.2, 0) is 14.8 Å². The Labute approximate surface area is 185 Å². The van der Waals surface area contributed by atoms with Crippen LogP contribution >= 0.6 is 12.6 Å². The zero-order valence-electron chi connectivity index (χ0n) is 16.3. The van der Waals surface area contributed by atoms with Gasteiger partial charge in [-0.2, -0.15) is 16.9 Å². The van der Waals surface area contributed by atoms with Crippen molar-refractivity contribution >= 4 is 51.0 Å². The Bertz CT molecular complexity index is 1280. The van der Waals surface area contributed by atoms with E-state index in [0.29, 0.717) is 0 Å². The molecule has 0 bridgehead atoms. The van der Waals surface area contributed by atoms with Crippen molar-refractivity contribution in [3.8, 4) is 0 Å². The summed E-state index contributed by atoms with van der Waals surface area (Å²) in [6, 6.07) is 17.2. The van der Waals surface area contributed by atoms with Crippen molar-refractivity contribution in [1.29, 1.82) is 0 Å². The van der Waals surface area contributed by atoms with E-state index in [0.717, 1.165) is 10.8 Å². The normalized spacial score (nSPS) is 19.4. The average molecular weight is 457 g/mol. The molecule has 1 amide bonds. The van der Waals surface area contributed by atoms with E-state index in [1.807, 2.05) is 24.3 Å². The highest BCUT2D eigenvalue weighted by atomic mass is 32.2. The number of carboxylic acids is 1. The maximum atomic E-state index is 13.4. The number of hydrogen-bond acceptors (Lipinski definition) is 5. The van der Waals surface area contributed by atoms with Crippen molar-refractivity contribution in [3.63, 3.8) is 0 Å². The molecule has 7 nitrogen and oxygen atoms in total. The number of aromatic carboxylic acids is 1. The predicted octanol–water partition coefficient (Wildman–Crippen LogP) is 3.24. The van der Waals surface area contributed by atoms with Crippen LogP contribution in [0.3, 0.4) is 0 Å². The van der Waals surface area contributed by atoms with Gasteiger partial charge in [-0.3, -0.25) is 4.79 Å². The number of rotatable bonds is 5. The van der Waals surface area contributed by atoms with E-state index in [4.69, 9.17) is 5.11 Å². The molecule has 2 atom stereocenters. The molecule has 1 fully saturated rings. The molecule has 1 saturated heterocycles. The number of benzene rings is 3. The van der Waals surface area contributed by atoms with Crippen LogP contribution in [0.5, 0.6) is 0 Å². The molecule has 0 aromatic heterocycles. The molecule has 2 N–H and O–H groups in total. The Kier molecular flexibility index (Phi) is 5.74. The van der Waals surface area contributed by atoms with Crippen molar-refractivity contribution in [2.24, 2.45) is 0 Å². The number of carbonyl (C=O) groups is 2. The molecule has 9 heteroatoms. The summed E-state index contributed by atoms with van der Waals surface area (Å²) in [4.78, 5) is 24.2. The van der Waals surface area contributed by atoms with Crippen LogP contribution in [0.15, 0.2) is 71.6 Å². The standard InChI is InChI=1S/C22H20N2O5S2/c25-21(23-17-7-3-6-16(10-17)22(26)27)20-12-18(30)13-24(20)31(28,29)19-9-8-14-4-1-2-5-15(14)11-19/h1-11,18,20,30H,12-13H2,(H,23,25)(H,26,27)/t18-,20-/m0/s1. The number of carboxylic acid groups (broad SMARTS) is 1. The number of fused-ring (bicyclic) bond motifs is 1. The van der Waals surface area contributed by atoms with Crippen molar-refractivity contribution in [1.82, 2.24) is 4.31 Å². The van der Waals surface area contributed by atoms with Gasteiger partial charge in [-0.05, 0) is 47.5 Å². The van der Waals surface area contributed by atoms with Gasteiger partial charge in [0, 0.05) is 17.5 Å². The molecule has 1 heterocycles. The van der Waals surface area contributed by atoms with E-state index in [-0.39, 0.29) is 34.4 Å². The minimum atomic E-state index is -3.94. The third-order valence-corrected chi connectivity index (χ3v) is 7.49. The van der Waals surface area contributed by atoms with Gasteiger partial charge in [-0.15, -0.1) is 0 Å². The van der Waals surface area contributed by atoms with Gasteiger partial charge in [0.25, 0.3) is 0 Å². The fourth-order valence-electron chi connectivity index (χ4n) is 3.71. The molecule has 1 aliphatic rings. The average Bonchev–Trinajstić information content (AvgIpc) is 3.16. The van der Waals surface area contributed by atoms with Gasteiger partial charge < -0.3 is 10.4 Å².